The van der Waals surface area contributed by atoms with E-state index in [-0.39, 0.29) is 18.5 Å². The van der Waals surface area contributed by atoms with Crippen molar-refractivity contribution in [2.45, 2.75) is 32.2 Å². The number of likely N-dealkylation sites (N-methyl/N-ethyl adjacent to an activating group) is 1. The van der Waals surface area contributed by atoms with Gasteiger partial charge in [-0.1, -0.05) is 0 Å². The molecular weight excluding hydrogens is 222 g/mol. The van der Waals surface area contributed by atoms with Crippen LogP contribution in [-0.4, -0.2) is 55.2 Å². The van der Waals surface area contributed by atoms with E-state index >= 15 is 0 Å². The minimum absolute atomic E-state index is 0.0871. The van der Waals surface area contributed by atoms with Crippen LogP contribution in [0.15, 0.2) is 0 Å². The van der Waals surface area contributed by atoms with Crippen molar-refractivity contribution in [3.63, 3.8) is 0 Å². The summed E-state index contributed by atoms with van der Waals surface area (Å²) in [5.41, 5.74) is 0. The predicted molar refractivity (Wildman–Crippen MR) is 66.0 cm³/mol. The van der Waals surface area contributed by atoms with Gasteiger partial charge >= 0.3 is 12.0 Å². The molecular formula is C11H23N3O3. The van der Waals surface area contributed by atoms with Crippen molar-refractivity contribution in [2.75, 3.05) is 27.2 Å². The van der Waals surface area contributed by atoms with Crippen LogP contribution in [0.3, 0.4) is 0 Å². The molecule has 17 heavy (non-hydrogen) atoms. The van der Waals surface area contributed by atoms with Crippen molar-refractivity contribution in [2.24, 2.45) is 0 Å². The standard InChI is InChI=1S/C11H23N3O3/c1-9(8-14(2)3)13-11(17)12-7-5-4-6-10(15)16/h9H,4-8H2,1-3H3,(H,15,16)(H2,12,13,17). The quantitative estimate of drug-likeness (QED) is 0.544. The van der Waals surface area contributed by atoms with Gasteiger partial charge < -0.3 is 20.6 Å². The molecule has 0 aromatic carbocycles. The second kappa shape index (κ2) is 8.81. The topological polar surface area (TPSA) is 81.7 Å². The Morgan fingerprint density at radius 1 is 1.29 bits per heavy atom. The van der Waals surface area contributed by atoms with E-state index in [0.29, 0.717) is 19.4 Å². The maximum absolute atomic E-state index is 11.4. The molecule has 0 saturated heterocycles. The summed E-state index contributed by atoms with van der Waals surface area (Å²) in [5, 5.41) is 13.9. The van der Waals surface area contributed by atoms with E-state index in [0.717, 1.165) is 6.54 Å². The highest BCUT2D eigenvalue weighted by molar-refractivity contribution is 5.74. The van der Waals surface area contributed by atoms with Crippen LogP contribution in [-0.2, 0) is 4.79 Å². The lowest BCUT2D eigenvalue weighted by Crippen LogP contribution is -2.45. The van der Waals surface area contributed by atoms with E-state index in [2.05, 4.69) is 10.6 Å². The zero-order chi connectivity index (χ0) is 13.3. The largest absolute Gasteiger partial charge is 0.481 e. The Balaban J connectivity index is 3.49. The Kier molecular flexibility index (Phi) is 8.13. The minimum atomic E-state index is -0.797. The van der Waals surface area contributed by atoms with Crippen molar-refractivity contribution in [1.82, 2.24) is 15.5 Å². The van der Waals surface area contributed by atoms with E-state index in [9.17, 15) is 9.59 Å². The van der Waals surface area contributed by atoms with Crippen LogP contribution >= 0.6 is 0 Å². The van der Waals surface area contributed by atoms with Crippen molar-refractivity contribution < 1.29 is 14.7 Å². The highest BCUT2D eigenvalue weighted by atomic mass is 16.4. The van der Waals surface area contributed by atoms with E-state index < -0.39 is 5.97 Å². The number of nitrogens with one attached hydrogen (secondary N) is 2. The predicted octanol–water partition coefficient (Wildman–Crippen LogP) is 0.491. The average Bonchev–Trinajstić information content (AvgIpc) is 2.14. The Labute approximate surface area is 102 Å². The molecule has 0 aromatic rings. The van der Waals surface area contributed by atoms with E-state index in [4.69, 9.17) is 5.11 Å². The lowest BCUT2D eigenvalue weighted by Gasteiger charge is -2.18. The van der Waals surface area contributed by atoms with Crippen LogP contribution < -0.4 is 10.6 Å². The van der Waals surface area contributed by atoms with Crippen LogP contribution in [0.1, 0.15) is 26.2 Å². The van der Waals surface area contributed by atoms with Gasteiger partial charge in [0.1, 0.15) is 0 Å². The molecule has 0 aliphatic heterocycles. The molecule has 0 saturated carbocycles. The maximum Gasteiger partial charge on any atom is 0.315 e. The first-order valence-corrected chi connectivity index (χ1v) is 5.82. The molecule has 1 unspecified atom stereocenters. The van der Waals surface area contributed by atoms with E-state index in [1.807, 2.05) is 25.9 Å². The van der Waals surface area contributed by atoms with Gasteiger partial charge in [0, 0.05) is 25.6 Å². The third-order valence-electron chi connectivity index (χ3n) is 2.12. The third-order valence-corrected chi connectivity index (χ3v) is 2.12. The zero-order valence-electron chi connectivity index (χ0n) is 10.8. The van der Waals surface area contributed by atoms with Crippen LogP contribution in [0.4, 0.5) is 4.79 Å². The molecule has 100 valence electrons. The lowest BCUT2D eigenvalue weighted by atomic mass is 10.2. The van der Waals surface area contributed by atoms with Gasteiger partial charge in [0.2, 0.25) is 0 Å². The number of rotatable bonds is 8. The fourth-order valence-corrected chi connectivity index (χ4v) is 1.47. The molecule has 6 nitrogen and oxygen atoms in total. The highest BCUT2D eigenvalue weighted by Crippen LogP contribution is 1.93. The zero-order valence-corrected chi connectivity index (χ0v) is 10.8. The summed E-state index contributed by atoms with van der Waals surface area (Å²) >= 11 is 0. The molecule has 0 rings (SSSR count). The fourth-order valence-electron chi connectivity index (χ4n) is 1.47. The van der Waals surface area contributed by atoms with Crippen LogP contribution in [0, 0.1) is 0 Å². The van der Waals surface area contributed by atoms with E-state index in [1.54, 1.807) is 0 Å². The number of amides is 2. The van der Waals surface area contributed by atoms with Crippen molar-refractivity contribution in [3.8, 4) is 0 Å². The van der Waals surface area contributed by atoms with Gasteiger partial charge in [-0.05, 0) is 33.9 Å². The summed E-state index contributed by atoms with van der Waals surface area (Å²) in [5.74, 6) is -0.797. The summed E-state index contributed by atoms with van der Waals surface area (Å²) in [6, 6.07) is -0.112. The first-order valence-electron chi connectivity index (χ1n) is 5.82. The summed E-state index contributed by atoms with van der Waals surface area (Å²) < 4.78 is 0. The molecule has 0 aliphatic rings. The maximum atomic E-state index is 11.4. The summed E-state index contributed by atoms with van der Waals surface area (Å²) in [4.78, 5) is 23.6. The molecule has 3 N–H and O–H groups in total. The van der Waals surface area contributed by atoms with Gasteiger partial charge in [-0.25, -0.2) is 4.79 Å². The molecule has 0 fully saturated rings. The number of unbranched alkanes of at least 4 members (excludes halogenated alkanes) is 1. The SMILES string of the molecule is CC(CN(C)C)NC(=O)NCCCCC(=O)O. The Morgan fingerprint density at radius 2 is 1.94 bits per heavy atom. The average molecular weight is 245 g/mol. The van der Waals surface area contributed by atoms with Gasteiger partial charge in [0.25, 0.3) is 0 Å². The Morgan fingerprint density at radius 3 is 2.47 bits per heavy atom. The van der Waals surface area contributed by atoms with Crippen LogP contribution in [0.2, 0.25) is 0 Å². The highest BCUT2D eigenvalue weighted by Gasteiger charge is 2.07. The van der Waals surface area contributed by atoms with Crippen molar-refractivity contribution in [3.05, 3.63) is 0 Å². The molecule has 2 amide bonds. The van der Waals surface area contributed by atoms with Gasteiger partial charge in [-0.2, -0.15) is 0 Å². The molecule has 0 aromatic heterocycles. The van der Waals surface area contributed by atoms with Gasteiger partial charge in [0.05, 0.1) is 0 Å². The molecule has 0 spiro atoms. The van der Waals surface area contributed by atoms with E-state index in [1.165, 1.54) is 0 Å². The number of carboxylic acids is 1. The number of hydrogen-bond donors (Lipinski definition) is 3. The number of aliphatic carboxylic acids is 1. The monoisotopic (exact) mass is 245 g/mol. The number of carbonyl (C=O) groups excluding carboxylic acids is 1. The van der Waals surface area contributed by atoms with Gasteiger partial charge in [0.15, 0.2) is 0 Å². The van der Waals surface area contributed by atoms with Gasteiger partial charge in [-0.3, -0.25) is 4.79 Å². The normalized spacial score (nSPS) is 12.2. The fraction of sp³-hybridized carbons (Fsp3) is 0.818. The number of nitrogens with zero attached hydrogens (tertiary/aromatic N) is 1. The van der Waals surface area contributed by atoms with Crippen molar-refractivity contribution in [1.29, 1.82) is 0 Å². The summed E-state index contributed by atoms with van der Waals surface area (Å²) in [7, 11) is 3.89. The molecule has 6 heteroatoms. The Bertz CT molecular complexity index is 244. The third kappa shape index (κ3) is 11.0. The first kappa shape index (κ1) is 15.7. The summed E-state index contributed by atoms with van der Waals surface area (Å²) in [6.45, 7) is 3.23. The molecule has 0 aliphatic carbocycles. The second-order valence-electron chi connectivity index (χ2n) is 4.41. The minimum Gasteiger partial charge on any atom is -0.481 e. The number of carbonyl (C=O) groups is 2. The first-order chi connectivity index (χ1) is 7.91. The Hall–Kier alpha value is -1.30. The molecule has 0 heterocycles. The van der Waals surface area contributed by atoms with Crippen molar-refractivity contribution >= 4 is 12.0 Å². The smallest absolute Gasteiger partial charge is 0.315 e. The number of urea groups is 1. The number of hydrogen-bond acceptors (Lipinski definition) is 3. The molecule has 0 radical (unpaired) electrons. The van der Waals surface area contributed by atoms with Crippen LogP contribution in [0.5, 0.6) is 0 Å². The molecule has 0 bridgehead atoms. The lowest BCUT2D eigenvalue weighted by molar-refractivity contribution is -0.137. The number of carboxylic acid groups (broad SMARTS) is 1. The van der Waals surface area contributed by atoms with Crippen LogP contribution in [0.25, 0.3) is 0 Å². The summed E-state index contributed by atoms with van der Waals surface area (Å²) in [6.07, 6.45) is 1.42. The second-order valence-corrected chi connectivity index (χ2v) is 4.41. The van der Waals surface area contributed by atoms with Gasteiger partial charge in [-0.15, -0.1) is 0 Å². The molecule has 1 atom stereocenters.